The van der Waals surface area contributed by atoms with Crippen LogP contribution in [0.1, 0.15) is 17.3 Å². The average Bonchev–Trinajstić information content (AvgIpc) is 2.27. The van der Waals surface area contributed by atoms with E-state index in [1.54, 1.807) is 6.92 Å². The third-order valence-corrected chi connectivity index (χ3v) is 3.48. The maximum atomic E-state index is 13.3. The molecule has 0 fully saturated rings. The zero-order valence-corrected chi connectivity index (χ0v) is 11.8. The molecule has 0 heterocycles. The normalized spacial score (nSPS) is 13.1. The minimum absolute atomic E-state index is 0.108. The molecule has 0 spiro atoms. The first-order valence-electron chi connectivity index (χ1n) is 5.20. The molecule has 0 saturated heterocycles. The van der Waals surface area contributed by atoms with Crippen LogP contribution >= 0.6 is 10.7 Å². The number of hydrogen-bond donors (Lipinski definition) is 0. The highest BCUT2D eigenvalue weighted by atomic mass is 35.7. The van der Waals surface area contributed by atoms with E-state index in [0.29, 0.717) is 0 Å². The quantitative estimate of drug-likeness (QED) is 0.614. The Hall–Kier alpha value is -1.18. The van der Waals surface area contributed by atoms with Crippen LogP contribution in [0.15, 0.2) is 23.1 Å². The topological polar surface area (TPSA) is 69.7 Å². The summed E-state index contributed by atoms with van der Waals surface area (Å²) in [7, 11) is 2.24. The molecule has 1 aromatic rings. The minimum Gasteiger partial charge on any atom is -0.457 e. The van der Waals surface area contributed by atoms with Crippen molar-refractivity contribution in [2.75, 3.05) is 13.7 Å². The second kappa shape index (κ2) is 6.31. The van der Waals surface area contributed by atoms with Crippen LogP contribution in [0.5, 0.6) is 0 Å². The van der Waals surface area contributed by atoms with Crippen molar-refractivity contribution in [3.8, 4) is 0 Å². The first kappa shape index (κ1) is 15.9. The highest BCUT2D eigenvalue weighted by Gasteiger charge is 2.20. The summed E-state index contributed by atoms with van der Waals surface area (Å²) in [6.45, 7) is 1.79. The van der Waals surface area contributed by atoms with Gasteiger partial charge < -0.3 is 9.47 Å². The molecule has 1 rings (SSSR count). The minimum atomic E-state index is -4.26. The fourth-order valence-corrected chi connectivity index (χ4v) is 2.26. The molecule has 1 unspecified atom stereocenters. The van der Waals surface area contributed by atoms with Crippen molar-refractivity contribution in [3.05, 3.63) is 29.6 Å². The van der Waals surface area contributed by atoms with Crippen molar-refractivity contribution in [1.29, 1.82) is 0 Å². The smallest absolute Gasteiger partial charge is 0.338 e. The molecule has 106 valence electrons. The Morgan fingerprint density at radius 1 is 1.47 bits per heavy atom. The lowest BCUT2D eigenvalue weighted by molar-refractivity contribution is 0.0120. The summed E-state index contributed by atoms with van der Waals surface area (Å²) in [5.74, 6) is -1.82. The predicted molar refractivity (Wildman–Crippen MR) is 66.2 cm³/mol. The summed E-state index contributed by atoms with van der Waals surface area (Å²) < 4.78 is 45.2. The first-order chi connectivity index (χ1) is 8.75. The van der Waals surface area contributed by atoms with Gasteiger partial charge in [-0.2, -0.15) is 0 Å². The number of ether oxygens (including phenoxy) is 2. The number of rotatable bonds is 5. The van der Waals surface area contributed by atoms with Gasteiger partial charge in [0.05, 0.1) is 12.2 Å². The molecule has 0 radical (unpaired) electrons. The molecule has 8 heteroatoms. The molecular weight excluding hydrogens is 299 g/mol. The van der Waals surface area contributed by atoms with E-state index in [1.165, 1.54) is 7.11 Å². The maximum Gasteiger partial charge on any atom is 0.338 e. The van der Waals surface area contributed by atoms with E-state index in [4.69, 9.17) is 20.2 Å². The van der Waals surface area contributed by atoms with E-state index in [2.05, 4.69) is 0 Å². The van der Waals surface area contributed by atoms with Crippen LogP contribution in [-0.2, 0) is 18.5 Å². The lowest BCUT2D eigenvalue weighted by Crippen LogP contribution is -2.19. The van der Waals surface area contributed by atoms with Gasteiger partial charge in [-0.25, -0.2) is 17.6 Å². The van der Waals surface area contributed by atoms with Crippen molar-refractivity contribution in [1.82, 2.24) is 0 Å². The van der Waals surface area contributed by atoms with Gasteiger partial charge in [-0.1, -0.05) is 0 Å². The SMILES string of the molecule is COCC(C)OC(=O)c1ccc(F)c(S(=O)(=O)Cl)c1. The third kappa shape index (κ3) is 4.45. The van der Waals surface area contributed by atoms with E-state index < -0.39 is 31.8 Å². The van der Waals surface area contributed by atoms with Gasteiger partial charge in [-0.05, 0) is 25.1 Å². The van der Waals surface area contributed by atoms with Crippen molar-refractivity contribution in [2.45, 2.75) is 17.9 Å². The molecule has 0 aliphatic rings. The van der Waals surface area contributed by atoms with Gasteiger partial charge in [0.2, 0.25) is 0 Å². The fraction of sp³-hybridized carbons (Fsp3) is 0.364. The average molecular weight is 311 g/mol. The van der Waals surface area contributed by atoms with Crippen LogP contribution in [0, 0.1) is 5.82 Å². The van der Waals surface area contributed by atoms with Crippen LogP contribution in [0.2, 0.25) is 0 Å². The predicted octanol–water partition coefficient (Wildman–Crippen LogP) is 1.94. The highest BCUT2D eigenvalue weighted by molar-refractivity contribution is 8.13. The lowest BCUT2D eigenvalue weighted by atomic mass is 10.2. The Bertz CT molecular complexity index is 572. The van der Waals surface area contributed by atoms with Gasteiger partial charge >= 0.3 is 5.97 Å². The number of carbonyl (C=O) groups excluding carboxylic acids is 1. The number of methoxy groups -OCH3 is 1. The monoisotopic (exact) mass is 310 g/mol. The summed E-state index contributed by atoms with van der Waals surface area (Å²) in [6, 6.07) is 2.79. The molecule has 0 bridgehead atoms. The summed E-state index contributed by atoms with van der Waals surface area (Å²) in [5, 5.41) is 0. The van der Waals surface area contributed by atoms with Gasteiger partial charge in [0.1, 0.15) is 16.8 Å². The molecule has 0 N–H and O–H groups in total. The standard InChI is InChI=1S/C11H12ClFO5S/c1-7(6-17-2)18-11(14)8-3-4-9(13)10(5-8)19(12,15)16/h3-5,7H,6H2,1-2H3. The highest BCUT2D eigenvalue weighted by Crippen LogP contribution is 2.21. The maximum absolute atomic E-state index is 13.3. The first-order valence-corrected chi connectivity index (χ1v) is 7.50. The van der Waals surface area contributed by atoms with Crippen molar-refractivity contribution >= 4 is 25.7 Å². The number of hydrogen-bond acceptors (Lipinski definition) is 5. The zero-order chi connectivity index (χ0) is 14.6. The van der Waals surface area contributed by atoms with Gasteiger partial charge in [0, 0.05) is 17.8 Å². The molecule has 5 nitrogen and oxygen atoms in total. The van der Waals surface area contributed by atoms with Gasteiger partial charge in [0.25, 0.3) is 9.05 Å². The van der Waals surface area contributed by atoms with Crippen LogP contribution in [0.25, 0.3) is 0 Å². The van der Waals surface area contributed by atoms with Crippen molar-refractivity contribution in [2.24, 2.45) is 0 Å². The van der Waals surface area contributed by atoms with Crippen molar-refractivity contribution < 1.29 is 27.1 Å². The van der Waals surface area contributed by atoms with E-state index in [1.807, 2.05) is 0 Å². The third-order valence-electron chi connectivity index (χ3n) is 2.14. The largest absolute Gasteiger partial charge is 0.457 e. The second-order valence-corrected chi connectivity index (χ2v) is 6.29. The summed E-state index contributed by atoms with van der Waals surface area (Å²) in [5.41, 5.74) is -0.108. The van der Waals surface area contributed by atoms with E-state index >= 15 is 0 Å². The van der Waals surface area contributed by atoms with Gasteiger partial charge in [0.15, 0.2) is 0 Å². The Kier molecular flexibility index (Phi) is 5.28. The molecule has 1 aromatic carbocycles. The molecular formula is C11H12ClFO5S. The Balaban J connectivity index is 3.00. The lowest BCUT2D eigenvalue weighted by Gasteiger charge is -2.12. The molecule has 0 saturated carbocycles. The molecule has 0 aliphatic heterocycles. The Morgan fingerprint density at radius 3 is 2.63 bits per heavy atom. The molecule has 0 aliphatic carbocycles. The summed E-state index contributed by atoms with van der Waals surface area (Å²) in [4.78, 5) is 10.9. The van der Waals surface area contributed by atoms with Crippen LogP contribution in [0.3, 0.4) is 0 Å². The number of halogens is 2. The number of carbonyl (C=O) groups is 1. The van der Waals surface area contributed by atoms with Gasteiger partial charge in [-0.15, -0.1) is 0 Å². The number of benzene rings is 1. The van der Waals surface area contributed by atoms with Crippen LogP contribution in [-0.4, -0.2) is 34.2 Å². The van der Waals surface area contributed by atoms with E-state index in [-0.39, 0.29) is 12.2 Å². The Labute approximate surface area is 114 Å². The Morgan fingerprint density at radius 2 is 2.11 bits per heavy atom. The van der Waals surface area contributed by atoms with E-state index in [9.17, 15) is 17.6 Å². The van der Waals surface area contributed by atoms with Crippen LogP contribution < -0.4 is 0 Å². The van der Waals surface area contributed by atoms with E-state index in [0.717, 1.165) is 18.2 Å². The number of esters is 1. The second-order valence-electron chi connectivity index (χ2n) is 3.75. The fourth-order valence-electron chi connectivity index (χ4n) is 1.34. The summed E-state index contributed by atoms with van der Waals surface area (Å²) >= 11 is 0. The molecule has 1 atom stereocenters. The molecule has 19 heavy (non-hydrogen) atoms. The van der Waals surface area contributed by atoms with Crippen LogP contribution in [0.4, 0.5) is 4.39 Å². The molecule has 0 amide bonds. The van der Waals surface area contributed by atoms with Gasteiger partial charge in [-0.3, -0.25) is 0 Å². The summed E-state index contributed by atoms with van der Waals surface area (Å²) in [6.07, 6.45) is -0.515. The van der Waals surface area contributed by atoms with Crippen molar-refractivity contribution in [3.63, 3.8) is 0 Å². The molecule has 0 aromatic heterocycles. The zero-order valence-electron chi connectivity index (χ0n) is 10.2.